The lowest BCUT2D eigenvalue weighted by atomic mass is 9.56. The molecule has 1 heterocycles. The van der Waals surface area contributed by atoms with Crippen molar-refractivity contribution in [2.75, 3.05) is 33.5 Å². The first kappa shape index (κ1) is 36.9. The van der Waals surface area contributed by atoms with Crippen molar-refractivity contribution in [2.45, 2.75) is 73.7 Å². The molecule has 0 unspecified atom stereocenters. The zero-order valence-corrected chi connectivity index (χ0v) is 30.4. The number of allylic oxidation sites excluding steroid dienone is 1. The van der Waals surface area contributed by atoms with E-state index in [2.05, 4.69) is 59.5 Å². The number of aliphatic hydroxyl groups excluding tert-OH is 2. The fourth-order valence-electron chi connectivity index (χ4n) is 8.29. The summed E-state index contributed by atoms with van der Waals surface area (Å²) in [6.07, 6.45) is 9.07. The highest BCUT2D eigenvalue weighted by molar-refractivity contribution is 8.00. The van der Waals surface area contributed by atoms with Crippen LogP contribution in [0.1, 0.15) is 63.4 Å². The van der Waals surface area contributed by atoms with Crippen LogP contribution in [0.15, 0.2) is 95.0 Å². The van der Waals surface area contributed by atoms with Gasteiger partial charge in [-0.3, -0.25) is 0 Å². The fraction of sp³-hybridized carbons (Fsp3) is 0.463. The summed E-state index contributed by atoms with van der Waals surface area (Å²) in [4.78, 5) is 19.2. The predicted molar refractivity (Wildman–Crippen MR) is 201 cm³/mol. The Morgan fingerprint density at radius 2 is 1.84 bits per heavy atom. The molecule has 6 atom stereocenters. The number of hydrogen-bond donors (Lipinski definition) is 3. The van der Waals surface area contributed by atoms with Crippen LogP contribution in [-0.2, 0) is 9.57 Å². The van der Waals surface area contributed by atoms with Gasteiger partial charge in [0.25, 0.3) is 0 Å². The van der Waals surface area contributed by atoms with Gasteiger partial charge in [0.05, 0.1) is 23.5 Å². The van der Waals surface area contributed by atoms with Gasteiger partial charge in [0.2, 0.25) is 5.79 Å². The lowest BCUT2D eigenvalue weighted by molar-refractivity contribution is -0.223. The number of aliphatic hydroxyl groups is 2. The number of oxime groups is 1. The molecule has 3 aliphatic rings. The summed E-state index contributed by atoms with van der Waals surface area (Å²) in [5.74, 6) is -0.0419. The van der Waals surface area contributed by atoms with Gasteiger partial charge in [0, 0.05) is 42.6 Å². The highest BCUT2D eigenvalue weighted by atomic mass is 32.2. The van der Waals surface area contributed by atoms with E-state index in [0.29, 0.717) is 30.9 Å². The topological polar surface area (TPSA) is 119 Å². The maximum Gasteiger partial charge on any atom is 0.412 e. The quantitative estimate of drug-likeness (QED) is 0.0776. The van der Waals surface area contributed by atoms with E-state index in [1.807, 2.05) is 25.1 Å². The number of amides is 1. The largest absolute Gasteiger partial charge is 0.460 e. The first-order chi connectivity index (χ1) is 25.0. The Hall–Kier alpha value is -3.83. The zero-order chi connectivity index (χ0) is 35.8. The van der Waals surface area contributed by atoms with Crippen LogP contribution in [0.3, 0.4) is 0 Å². The lowest BCUT2D eigenvalue weighted by Crippen LogP contribution is -2.64. The van der Waals surface area contributed by atoms with Crippen LogP contribution in [0.25, 0.3) is 10.8 Å². The van der Waals surface area contributed by atoms with E-state index >= 15 is 0 Å². The fourth-order valence-corrected chi connectivity index (χ4v) is 9.63. The normalized spacial score (nSPS) is 25.7. The first-order valence-electron chi connectivity index (χ1n) is 18.2. The van der Waals surface area contributed by atoms with Crippen molar-refractivity contribution in [3.63, 3.8) is 0 Å². The van der Waals surface area contributed by atoms with Crippen LogP contribution < -0.4 is 14.8 Å². The Morgan fingerprint density at radius 1 is 1.06 bits per heavy atom. The smallest absolute Gasteiger partial charge is 0.412 e. The van der Waals surface area contributed by atoms with Crippen LogP contribution in [0.5, 0.6) is 11.5 Å². The van der Waals surface area contributed by atoms with Crippen LogP contribution in [0.4, 0.5) is 4.79 Å². The van der Waals surface area contributed by atoms with Crippen molar-refractivity contribution in [3.8, 4) is 11.5 Å². The van der Waals surface area contributed by atoms with E-state index in [4.69, 9.17) is 19.0 Å². The Bertz CT molecular complexity index is 1740. The second kappa shape index (κ2) is 17.1. The second-order valence-electron chi connectivity index (χ2n) is 13.5. The van der Waals surface area contributed by atoms with Crippen LogP contribution in [0, 0.1) is 17.8 Å². The predicted octanol–water partition coefficient (Wildman–Crippen LogP) is 8.00. The minimum atomic E-state index is -1.10. The van der Waals surface area contributed by atoms with Crippen molar-refractivity contribution in [1.82, 2.24) is 5.32 Å². The monoisotopic (exact) mass is 714 g/mol. The summed E-state index contributed by atoms with van der Waals surface area (Å²) >= 11 is 1.73. The number of thioether (sulfide) groups is 1. The van der Waals surface area contributed by atoms with Crippen molar-refractivity contribution >= 4 is 34.3 Å². The molecule has 1 amide bonds. The molecule has 51 heavy (non-hydrogen) atoms. The number of benzene rings is 3. The van der Waals surface area contributed by atoms with Gasteiger partial charge in [-0.25, -0.2) is 4.79 Å². The van der Waals surface area contributed by atoms with Gasteiger partial charge in [-0.15, -0.1) is 18.3 Å². The Labute approximate surface area is 305 Å². The molecule has 0 spiro atoms. The van der Waals surface area contributed by atoms with E-state index in [0.717, 1.165) is 59.2 Å². The third kappa shape index (κ3) is 7.84. The van der Waals surface area contributed by atoms with Crippen molar-refractivity contribution in [3.05, 3.63) is 90.5 Å². The number of nitrogens with zero attached hydrogens (tertiary/aromatic N) is 1. The second-order valence-corrected chi connectivity index (χ2v) is 14.8. The highest BCUT2D eigenvalue weighted by Crippen LogP contribution is 2.63. The van der Waals surface area contributed by atoms with Gasteiger partial charge < -0.3 is 34.6 Å². The van der Waals surface area contributed by atoms with Crippen molar-refractivity contribution < 1.29 is 34.1 Å². The summed E-state index contributed by atoms with van der Waals surface area (Å²) in [5, 5.41) is 29.0. The number of fused-ring (bicyclic) bond motifs is 3. The molecule has 9 nitrogen and oxygen atoms in total. The van der Waals surface area contributed by atoms with Gasteiger partial charge in [-0.2, -0.15) is 0 Å². The van der Waals surface area contributed by atoms with Gasteiger partial charge in [0.15, 0.2) is 0 Å². The third-order valence-electron chi connectivity index (χ3n) is 10.4. The summed E-state index contributed by atoms with van der Waals surface area (Å²) in [6, 6.07) is 20.5. The maximum absolute atomic E-state index is 12.6. The standard InChI is InChI=1S/C41H50N2O7S/c1-4-22-48-41-37(51-31-18-16-27-12-6-7-13-28(27)23-31)26-35(43-47-3)33-24-29(14-8-10-20-44)32(15-9-11-21-45)38(39(33)41)34-25-30(17-19-36(34)50-41)49-40(46)42-5-2/h4,6-7,12-13,16-19,23-25,29,32,37-39,44-45H,1,5,8-11,14-15,20-22,26H2,2-3H3,(H,42,46)/t29-,32+,37-,38+,39+,41+/m0/s1. The average Bonchev–Trinajstić information content (AvgIpc) is 3.13. The Balaban J connectivity index is 1.54. The Morgan fingerprint density at radius 3 is 2.59 bits per heavy atom. The van der Waals surface area contributed by atoms with Crippen LogP contribution in [-0.4, -0.2) is 66.5 Å². The van der Waals surface area contributed by atoms with Crippen LogP contribution in [0.2, 0.25) is 0 Å². The summed E-state index contributed by atoms with van der Waals surface area (Å²) in [5.41, 5.74) is 2.88. The molecule has 3 aromatic carbocycles. The molecule has 0 saturated heterocycles. The van der Waals surface area contributed by atoms with Crippen molar-refractivity contribution in [2.24, 2.45) is 22.9 Å². The van der Waals surface area contributed by atoms with Crippen molar-refractivity contribution in [1.29, 1.82) is 0 Å². The first-order valence-corrected chi connectivity index (χ1v) is 19.1. The molecular formula is C41H50N2O7S. The molecular weight excluding hydrogens is 665 g/mol. The molecule has 0 radical (unpaired) electrons. The number of carbonyl (C=O) groups is 1. The van der Waals surface area contributed by atoms with Gasteiger partial charge in [-0.05, 0) is 91.1 Å². The molecule has 3 aromatic rings. The highest BCUT2D eigenvalue weighted by Gasteiger charge is 2.64. The number of ether oxygens (including phenoxy) is 3. The number of carbonyl (C=O) groups excluding carboxylic acids is 1. The van der Waals surface area contributed by atoms with Gasteiger partial charge in [-0.1, -0.05) is 60.5 Å². The molecule has 1 saturated carbocycles. The lowest BCUT2D eigenvalue weighted by Gasteiger charge is -2.58. The van der Waals surface area contributed by atoms with Gasteiger partial charge >= 0.3 is 6.09 Å². The molecule has 272 valence electrons. The molecule has 0 aromatic heterocycles. The molecule has 2 aliphatic carbocycles. The molecule has 10 heteroatoms. The summed E-state index contributed by atoms with van der Waals surface area (Å²) < 4.78 is 19.9. The number of rotatable bonds is 16. The molecule has 0 bridgehead atoms. The number of unbranched alkanes of at least 4 members (excludes halogenated alkanes) is 2. The van der Waals surface area contributed by atoms with Gasteiger partial charge in [0.1, 0.15) is 18.6 Å². The molecule has 1 aliphatic heterocycles. The van der Waals surface area contributed by atoms with Crippen LogP contribution >= 0.6 is 11.8 Å². The van der Waals surface area contributed by atoms with E-state index in [1.165, 1.54) is 5.39 Å². The maximum atomic E-state index is 12.6. The zero-order valence-electron chi connectivity index (χ0n) is 29.6. The minimum Gasteiger partial charge on any atom is -0.460 e. The summed E-state index contributed by atoms with van der Waals surface area (Å²) in [6.45, 7) is 6.87. The third-order valence-corrected chi connectivity index (χ3v) is 11.7. The molecule has 6 rings (SSSR count). The average molecular weight is 715 g/mol. The SMILES string of the molecule is C=CCO[C@@]12Oc3ccc(OC(=O)NCC)cc3[C@H]3[C@H](CCCCO)[C@@H](CCCCO)C=C(C(=NOC)C[C@@H]1Sc1ccc4ccccc4c1)[C@H]32. The Kier molecular flexibility index (Phi) is 12.4. The molecule has 3 N–H and O–H groups in total. The van der Waals surface area contributed by atoms with E-state index in [-0.39, 0.29) is 48.7 Å². The minimum absolute atomic E-state index is 0.101. The molecule has 1 fully saturated rings. The summed E-state index contributed by atoms with van der Waals surface area (Å²) in [7, 11) is 1.59. The number of nitrogens with one attached hydrogen (secondary N) is 1. The van der Waals surface area contributed by atoms with E-state index in [9.17, 15) is 15.0 Å². The van der Waals surface area contributed by atoms with E-state index < -0.39 is 11.9 Å². The van der Waals surface area contributed by atoms with E-state index in [1.54, 1.807) is 31.0 Å². The number of hydrogen-bond acceptors (Lipinski definition) is 9.